The van der Waals surface area contributed by atoms with Gasteiger partial charge < -0.3 is 19.4 Å². The molecule has 3 heterocycles. The molecule has 1 atom stereocenters. The number of aromatic nitrogens is 1. The van der Waals surface area contributed by atoms with Gasteiger partial charge >= 0.3 is 0 Å². The van der Waals surface area contributed by atoms with Crippen molar-refractivity contribution in [2.24, 2.45) is 0 Å². The summed E-state index contributed by atoms with van der Waals surface area (Å²) < 4.78 is 5.76. The van der Waals surface area contributed by atoms with Crippen LogP contribution in [0.2, 0.25) is 0 Å². The van der Waals surface area contributed by atoms with Gasteiger partial charge in [-0.1, -0.05) is 6.07 Å². The Hall–Kier alpha value is -2.15. The maximum absolute atomic E-state index is 12.9. The van der Waals surface area contributed by atoms with Crippen molar-refractivity contribution in [3.63, 3.8) is 0 Å². The van der Waals surface area contributed by atoms with E-state index in [-0.39, 0.29) is 11.8 Å². The lowest BCUT2D eigenvalue weighted by Crippen LogP contribution is -2.62. The molecule has 7 heteroatoms. The van der Waals surface area contributed by atoms with Crippen molar-refractivity contribution in [3.8, 4) is 0 Å². The van der Waals surface area contributed by atoms with Gasteiger partial charge in [0.2, 0.25) is 5.91 Å². The monoisotopic (exact) mass is 332 g/mol. The van der Waals surface area contributed by atoms with Crippen LogP contribution in [0.1, 0.15) is 13.8 Å². The first-order valence-electron chi connectivity index (χ1n) is 8.34. The lowest BCUT2D eigenvalue weighted by molar-refractivity contribution is -0.171. The summed E-state index contributed by atoms with van der Waals surface area (Å²) in [6.07, 6.45) is 1.78. The molecule has 2 aliphatic heterocycles. The fraction of sp³-hybridized carbons (Fsp3) is 0.588. The molecule has 0 aliphatic carbocycles. The highest BCUT2D eigenvalue weighted by Gasteiger charge is 2.43. The molecule has 24 heavy (non-hydrogen) atoms. The molecule has 2 saturated heterocycles. The standard InChI is InChI=1S/C17H24N4O3/c1-14(22)21-11-12-24-17(2,13-21)16(23)20-9-7-19(8-10-20)15-5-3-4-6-18-15/h3-6H,7-13H2,1-2H3/t17-/m1/s1. The quantitative estimate of drug-likeness (QED) is 0.783. The van der Waals surface area contributed by atoms with Crippen LogP contribution < -0.4 is 4.90 Å². The Morgan fingerprint density at radius 2 is 1.88 bits per heavy atom. The number of anilines is 1. The first kappa shape index (κ1) is 16.7. The predicted octanol–water partition coefficient (Wildman–Crippen LogP) is 0.368. The van der Waals surface area contributed by atoms with E-state index in [9.17, 15) is 9.59 Å². The van der Waals surface area contributed by atoms with E-state index < -0.39 is 5.60 Å². The van der Waals surface area contributed by atoms with Gasteiger partial charge in [-0.2, -0.15) is 0 Å². The summed E-state index contributed by atoms with van der Waals surface area (Å²) in [6.45, 7) is 7.34. The number of carbonyl (C=O) groups excluding carboxylic acids is 2. The zero-order valence-corrected chi connectivity index (χ0v) is 14.3. The summed E-state index contributed by atoms with van der Waals surface area (Å²) >= 11 is 0. The van der Waals surface area contributed by atoms with Crippen LogP contribution in [0.25, 0.3) is 0 Å². The van der Waals surface area contributed by atoms with Crippen molar-refractivity contribution in [2.75, 3.05) is 50.8 Å². The van der Waals surface area contributed by atoms with Crippen LogP contribution in [0.4, 0.5) is 5.82 Å². The number of carbonyl (C=O) groups is 2. The van der Waals surface area contributed by atoms with Crippen LogP contribution in [0, 0.1) is 0 Å². The highest BCUT2D eigenvalue weighted by molar-refractivity contribution is 5.86. The van der Waals surface area contributed by atoms with E-state index in [1.807, 2.05) is 23.1 Å². The third kappa shape index (κ3) is 3.36. The van der Waals surface area contributed by atoms with E-state index in [0.29, 0.717) is 32.8 Å². The van der Waals surface area contributed by atoms with Crippen molar-refractivity contribution in [2.45, 2.75) is 19.4 Å². The minimum absolute atomic E-state index is 0.0164. The summed E-state index contributed by atoms with van der Waals surface area (Å²) in [5.74, 6) is 0.888. The molecular formula is C17H24N4O3. The lowest BCUT2D eigenvalue weighted by atomic mass is 10.0. The second kappa shape index (κ2) is 6.76. The van der Waals surface area contributed by atoms with Gasteiger partial charge in [0.05, 0.1) is 13.2 Å². The van der Waals surface area contributed by atoms with Gasteiger partial charge in [-0.3, -0.25) is 9.59 Å². The SMILES string of the molecule is CC(=O)N1CCO[C@@](C)(C(=O)N2CCN(c3ccccn3)CC2)C1. The Kier molecular flexibility index (Phi) is 4.71. The number of piperazine rings is 1. The summed E-state index contributed by atoms with van der Waals surface area (Å²) in [5, 5.41) is 0. The number of ether oxygens (including phenoxy) is 1. The largest absolute Gasteiger partial charge is 0.362 e. The van der Waals surface area contributed by atoms with E-state index in [2.05, 4.69) is 9.88 Å². The Morgan fingerprint density at radius 3 is 2.50 bits per heavy atom. The summed E-state index contributed by atoms with van der Waals surface area (Å²) in [7, 11) is 0. The van der Waals surface area contributed by atoms with Crippen LogP contribution in [0.5, 0.6) is 0 Å². The molecule has 3 rings (SSSR count). The molecule has 7 nitrogen and oxygen atoms in total. The van der Waals surface area contributed by atoms with E-state index in [1.165, 1.54) is 6.92 Å². The van der Waals surface area contributed by atoms with Crippen molar-refractivity contribution < 1.29 is 14.3 Å². The second-order valence-corrected chi connectivity index (χ2v) is 6.49. The molecule has 0 radical (unpaired) electrons. The zero-order chi connectivity index (χ0) is 17.2. The molecule has 0 bridgehead atoms. The van der Waals surface area contributed by atoms with E-state index in [0.717, 1.165) is 18.9 Å². The van der Waals surface area contributed by atoms with Gasteiger partial charge in [-0.05, 0) is 19.1 Å². The molecule has 1 aromatic heterocycles. The molecular weight excluding hydrogens is 308 g/mol. The topological polar surface area (TPSA) is 66.0 Å². The van der Waals surface area contributed by atoms with E-state index >= 15 is 0 Å². The Bertz CT molecular complexity index is 601. The maximum Gasteiger partial charge on any atom is 0.256 e. The first-order valence-corrected chi connectivity index (χ1v) is 8.34. The van der Waals surface area contributed by atoms with Crippen LogP contribution in [0.3, 0.4) is 0 Å². The summed E-state index contributed by atoms with van der Waals surface area (Å²) in [5.41, 5.74) is -0.947. The Labute approximate surface area is 142 Å². The van der Waals surface area contributed by atoms with Crippen molar-refractivity contribution in [3.05, 3.63) is 24.4 Å². The van der Waals surface area contributed by atoms with Gasteiger partial charge in [0.15, 0.2) is 5.60 Å². The molecule has 0 spiro atoms. The van der Waals surface area contributed by atoms with Gasteiger partial charge in [0.1, 0.15) is 5.82 Å². The summed E-state index contributed by atoms with van der Waals surface area (Å²) in [4.78, 5) is 34.6. The van der Waals surface area contributed by atoms with Crippen molar-refractivity contribution >= 4 is 17.6 Å². The number of nitrogens with zero attached hydrogens (tertiary/aromatic N) is 4. The predicted molar refractivity (Wildman–Crippen MR) is 89.6 cm³/mol. The Morgan fingerprint density at radius 1 is 1.12 bits per heavy atom. The first-order chi connectivity index (χ1) is 11.5. The number of hydrogen-bond acceptors (Lipinski definition) is 5. The number of amides is 2. The molecule has 0 saturated carbocycles. The average Bonchev–Trinajstić information content (AvgIpc) is 2.62. The summed E-state index contributed by atoms with van der Waals surface area (Å²) in [6, 6.07) is 5.84. The van der Waals surface area contributed by atoms with Crippen molar-refractivity contribution in [1.29, 1.82) is 0 Å². The number of hydrogen-bond donors (Lipinski definition) is 0. The van der Waals surface area contributed by atoms with E-state index in [4.69, 9.17) is 4.74 Å². The van der Waals surface area contributed by atoms with Crippen LogP contribution >= 0.6 is 0 Å². The van der Waals surface area contributed by atoms with Gasteiger partial charge in [-0.25, -0.2) is 4.98 Å². The molecule has 0 unspecified atom stereocenters. The van der Waals surface area contributed by atoms with Gasteiger partial charge in [0.25, 0.3) is 5.91 Å². The zero-order valence-electron chi connectivity index (χ0n) is 14.3. The smallest absolute Gasteiger partial charge is 0.256 e. The molecule has 0 N–H and O–H groups in total. The highest BCUT2D eigenvalue weighted by atomic mass is 16.5. The maximum atomic E-state index is 12.9. The molecule has 0 aromatic carbocycles. The van der Waals surface area contributed by atoms with Crippen molar-refractivity contribution in [1.82, 2.24) is 14.8 Å². The third-order valence-corrected chi connectivity index (χ3v) is 4.71. The molecule has 2 fully saturated rings. The van der Waals surface area contributed by atoms with Crippen LogP contribution in [0.15, 0.2) is 24.4 Å². The number of pyridine rings is 1. The fourth-order valence-electron chi connectivity index (χ4n) is 3.28. The van der Waals surface area contributed by atoms with Gasteiger partial charge in [-0.15, -0.1) is 0 Å². The van der Waals surface area contributed by atoms with E-state index in [1.54, 1.807) is 18.0 Å². The second-order valence-electron chi connectivity index (χ2n) is 6.49. The minimum Gasteiger partial charge on any atom is -0.362 e. The molecule has 130 valence electrons. The highest BCUT2D eigenvalue weighted by Crippen LogP contribution is 2.22. The number of rotatable bonds is 2. The molecule has 2 amide bonds. The molecule has 2 aliphatic rings. The number of morpholine rings is 1. The van der Waals surface area contributed by atoms with Crippen LogP contribution in [-0.4, -0.2) is 78.1 Å². The minimum atomic E-state index is -0.947. The third-order valence-electron chi connectivity index (χ3n) is 4.71. The average molecular weight is 332 g/mol. The van der Waals surface area contributed by atoms with Gasteiger partial charge in [0, 0.05) is 45.8 Å². The van der Waals surface area contributed by atoms with Crippen LogP contribution in [-0.2, 0) is 14.3 Å². The normalized spacial score (nSPS) is 24.8. The lowest BCUT2D eigenvalue weighted by Gasteiger charge is -2.43. The fourth-order valence-corrected chi connectivity index (χ4v) is 3.28. The molecule has 1 aromatic rings. The Balaban J connectivity index is 1.61.